The van der Waals surface area contributed by atoms with Gasteiger partial charge in [-0.3, -0.25) is 4.99 Å². The first-order valence-corrected chi connectivity index (χ1v) is 11.2. The zero-order chi connectivity index (χ0) is 19.8. The molecule has 6 heteroatoms. The van der Waals surface area contributed by atoms with E-state index >= 15 is 0 Å². The molecule has 158 valence electrons. The number of aliphatic imine (C=N–C) groups is 1. The fourth-order valence-electron chi connectivity index (χ4n) is 6.31. The Kier molecular flexibility index (Phi) is 5.06. The summed E-state index contributed by atoms with van der Waals surface area (Å²) in [5.41, 5.74) is 1.63. The highest BCUT2D eigenvalue weighted by atomic mass is 16.5. The lowest BCUT2D eigenvalue weighted by Crippen LogP contribution is -2.70. The van der Waals surface area contributed by atoms with Crippen LogP contribution in [0.15, 0.2) is 29.3 Å². The van der Waals surface area contributed by atoms with E-state index in [0.29, 0.717) is 23.5 Å². The number of anilines is 1. The highest BCUT2D eigenvalue weighted by Crippen LogP contribution is 2.60. The first kappa shape index (κ1) is 19.0. The maximum absolute atomic E-state index is 6.15. The minimum Gasteiger partial charge on any atom is -0.497 e. The lowest BCUT2D eigenvalue weighted by atomic mass is 9.54. The summed E-state index contributed by atoms with van der Waals surface area (Å²) in [7, 11) is 3.64. The van der Waals surface area contributed by atoms with E-state index in [1.54, 1.807) is 7.11 Å². The summed E-state index contributed by atoms with van der Waals surface area (Å²) in [6.07, 6.45) is 7.02. The Morgan fingerprint density at radius 3 is 2.52 bits per heavy atom. The topological polar surface area (TPSA) is 49.3 Å². The zero-order valence-electron chi connectivity index (χ0n) is 17.8. The van der Waals surface area contributed by atoms with Crippen molar-refractivity contribution in [1.29, 1.82) is 0 Å². The summed E-state index contributed by atoms with van der Waals surface area (Å²) in [6.45, 7) is 4.95. The average Bonchev–Trinajstić information content (AvgIpc) is 3.44. The summed E-state index contributed by atoms with van der Waals surface area (Å²) in [6, 6.07) is 8.93. The molecular formula is C23H34N4O2. The molecule has 2 saturated heterocycles. The molecule has 6 nitrogen and oxygen atoms in total. The molecule has 1 aromatic carbocycles. The van der Waals surface area contributed by atoms with Crippen molar-refractivity contribution in [3.8, 4) is 5.75 Å². The van der Waals surface area contributed by atoms with Crippen LogP contribution in [0.4, 0.5) is 5.69 Å². The molecule has 3 atom stereocenters. The number of hydrogen-bond donors (Lipinski definition) is 1. The van der Waals surface area contributed by atoms with Crippen molar-refractivity contribution in [3.63, 3.8) is 0 Å². The van der Waals surface area contributed by atoms with Gasteiger partial charge in [0.1, 0.15) is 5.75 Å². The van der Waals surface area contributed by atoms with Gasteiger partial charge in [-0.15, -0.1) is 0 Å². The molecule has 29 heavy (non-hydrogen) atoms. The number of ether oxygens (including phenoxy) is 2. The van der Waals surface area contributed by atoms with Crippen LogP contribution in [0.3, 0.4) is 0 Å². The lowest BCUT2D eigenvalue weighted by molar-refractivity contribution is -0.125. The molecule has 4 fully saturated rings. The molecule has 0 aromatic heterocycles. The second-order valence-electron chi connectivity index (χ2n) is 9.03. The number of rotatable bonds is 3. The fourth-order valence-corrected chi connectivity index (χ4v) is 6.31. The zero-order valence-corrected chi connectivity index (χ0v) is 17.8. The van der Waals surface area contributed by atoms with E-state index in [1.165, 1.54) is 37.8 Å². The van der Waals surface area contributed by atoms with Gasteiger partial charge in [0.2, 0.25) is 0 Å². The third-order valence-corrected chi connectivity index (χ3v) is 7.80. The summed E-state index contributed by atoms with van der Waals surface area (Å²) in [5.74, 6) is 2.67. The Hall–Kier alpha value is -1.95. The van der Waals surface area contributed by atoms with Gasteiger partial charge in [0.25, 0.3) is 0 Å². The number of guanidine groups is 1. The van der Waals surface area contributed by atoms with Crippen molar-refractivity contribution in [2.24, 2.45) is 16.3 Å². The molecule has 0 bridgehead atoms. The maximum atomic E-state index is 6.15. The maximum Gasteiger partial charge on any atom is 0.194 e. The molecule has 1 spiro atoms. The van der Waals surface area contributed by atoms with E-state index < -0.39 is 0 Å². The van der Waals surface area contributed by atoms with Crippen molar-refractivity contribution in [2.45, 2.75) is 44.2 Å². The predicted molar refractivity (Wildman–Crippen MR) is 116 cm³/mol. The average molecular weight is 399 g/mol. The number of piperazine rings is 1. The van der Waals surface area contributed by atoms with E-state index in [0.717, 1.165) is 44.5 Å². The molecule has 2 saturated carbocycles. The van der Waals surface area contributed by atoms with Crippen molar-refractivity contribution in [3.05, 3.63) is 24.3 Å². The molecule has 2 aliphatic carbocycles. The molecule has 1 aromatic rings. The van der Waals surface area contributed by atoms with Crippen LogP contribution < -0.4 is 15.0 Å². The van der Waals surface area contributed by atoms with Gasteiger partial charge < -0.3 is 24.6 Å². The molecular weight excluding hydrogens is 364 g/mol. The van der Waals surface area contributed by atoms with Gasteiger partial charge >= 0.3 is 0 Å². The van der Waals surface area contributed by atoms with Gasteiger partial charge in [-0.05, 0) is 43.5 Å². The minimum absolute atomic E-state index is 0.363. The predicted octanol–water partition coefficient (Wildman–Crippen LogP) is 2.74. The number of fused-ring (bicyclic) bond motifs is 2. The third kappa shape index (κ3) is 3.16. The lowest BCUT2D eigenvalue weighted by Gasteiger charge is -2.57. The summed E-state index contributed by atoms with van der Waals surface area (Å²) < 4.78 is 11.4. The van der Waals surface area contributed by atoms with Crippen molar-refractivity contribution in [2.75, 3.05) is 51.8 Å². The SMILES string of the molecule is CN=C(NC1C2CCOC2C12CCCC2)N1CCN(c2ccc(OC)cc2)CC1. The Morgan fingerprint density at radius 1 is 1.14 bits per heavy atom. The standard InChI is InChI=1S/C23H34N4O2/c1-24-22(25-20-19-9-16-29-21(19)23(20)10-3-4-11-23)27-14-12-26(13-15-27)17-5-7-18(28-2)8-6-17/h5-8,19-21H,3-4,9-16H2,1-2H3,(H,24,25). The van der Waals surface area contributed by atoms with Crippen LogP contribution in [0, 0.1) is 11.3 Å². The van der Waals surface area contributed by atoms with E-state index in [9.17, 15) is 0 Å². The Morgan fingerprint density at radius 2 is 1.86 bits per heavy atom. The summed E-state index contributed by atoms with van der Waals surface area (Å²) >= 11 is 0. The van der Waals surface area contributed by atoms with Crippen molar-refractivity contribution in [1.82, 2.24) is 10.2 Å². The Bertz CT molecular complexity index is 736. The second kappa shape index (κ2) is 7.71. The molecule has 3 unspecified atom stereocenters. The number of nitrogens with zero attached hydrogens (tertiary/aromatic N) is 3. The molecule has 1 N–H and O–H groups in total. The summed E-state index contributed by atoms with van der Waals surface area (Å²) in [5, 5.41) is 3.91. The third-order valence-electron chi connectivity index (χ3n) is 7.80. The quantitative estimate of drug-likeness (QED) is 0.627. The normalized spacial score (nSPS) is 31.0. The van der Waals surface area contributed by atoms with Crippen LogP contribution in [0.2, 0.25) is 0 Å². The molecule has 0 radical (unpaired) electrons. The van der Waals surface area contributed by atoms with E-state index in [2.05, 4.69) is 32.2 Å². The van der Waals surface area contributed by atoms with Crippen LogP contribution in [0.5, 0.6) is 5.75 Å². The van der Waals surface area contributed by atoms with Crippen LogP contribution in [-0.4, -0.2) is 69.9 Å². The van der Waals surface area contributed by atoms with Gasteiger partial charge in [-0.25, -0.2) is 0 Å². The smallest absolute Gasteiger partial charge is 0.194 e. The molecule has 2 heterocycles. The molecule has 0 amide bonds. The van der Waals surface area contributed by atoms with Crippen LogP contribution in [0.1, 0.15) is 32.1 Å². The molecule has 2 aliphatic heterocycles. The van der Waals surface area contributed by atoms with E-state index in [1.807, 2.05) is 19.2 Å². The largest absolute Gasteiger partial charge is 0.497 e. The van der Waals surface area contributed by atoms with Crippen LogP contribution >= 0.6 is 0 Å². The van der Waals surface area contributed by atoms with E-state index in [-0.39, 0.29) is 0 Å². The van der Waals surface area contributed by atoms with Crippen LogP contribution in [0.25, 0.3) is 0 Å². The fraction of sp³-hybridized carbons (Fsp3) is 0.696. The van der Waals surface area contributed by atoms with Gasteiger partial charge in [0.15, 0.2) is 5.96 Å². The second-order valence-corrected chi connectivity index (χ2v) is 9.03. The van der Waals surface area contributed by atoms with Gasteiger partial charge in [0.05, 0.1) is 13.2 Å². The van der Waals surface area contributed by atoms with Gasteiger partial charge in [-0.1, -0.05) is 12.8 Å². The van der Waals surface area contributed by atoms with Gasteiger partial charge in [-0.2, -0.15) is 0 Å². The van der Waals surface area contributed by atoms with Crippen molar-refractivity contribution >= 4 is 11.6 Å². The van der Waals surface area contributed by atoms with E-state index in [4.69, 9.17) is 9.47 Å². The number of hydrogen-bond acceptors (Lipinski definition) is 4. The first-order chi connectivity index (χ1) is 14.2. The highest BCUT2D eigenvalue weighted by molar-refractivity contribution is 5.81. The Balaban J connectivity index is 1.22. The molecule has 5 rings (SSSR count). The monoisotopic (exact) mass is 398 g/mol. The molecule has 4 aliphatic rings. The number of benzene rings is 1. The van der Waals surface area contributed by atoms with Crippen LogP contribution in [-0.2, 0) is 4.74 Å². The first-order valence-electron chi connectivity index (χ1n) is 11.2. The summed E-state index contributed by atoms with van der Waals surface area (Å²) in [4.78, 5) is 9.56. The number of nitrogens with one attached hydrogen (secondary N) is 1. The number of methoxy groups -OCH3 is 1. The van der Waals surface area contributed by atoms with Crippen molar-refractivity contribution < 1.29 is 9.47 Å². The van der Waals surface area contributed by atoms with Gasteiger partial charge in [0, 0.05) is 62.9 Å². The highest BCUT2D eigenvalue weighted by Gasteiger charge is 2.65. The Labute approximate surface area is 174 Å². The minimum atomic E-state index is 0.363.